The molecular weight excluding hydrogens is 345 g/mol. The first kappa shape index (κ1) is 13.9. The summed E-state index contributed by atoms with van der Waals surface area (Å²) in [5, 5.41) is 3.96. The van der Waals surface area contributed by atoms with E-state index in [1.54, 1.807) is 12.1 Å². The summed E-state index contributed by atoms with van der Waals surface area (Å²) < 4.78 is 42.1. The lowest BCUT2D eigenvalue weighted by atomic mass is 10.1. The third kappa shape index (κ3) is 2.47. The predicted molar refractivity (Wildman–Crippen MR) is 75.4 cm³/mol. The van der Waals surface area contributed by atoms with Crippen LogP contribution in [0.1, 0.15) is 0 Å². The minimum absolute atomic E-state index is 0.194. The van der Waals surface area contributed by atoms with Crippen molar-refractivity contribution in [3.63, 3.8) is 0 Å². The molecule has 1 aromatic heterocycles. The summed E-state index contributed by atoms with van der Waals surface area (Å²) in [7, 11) is 0. The number of benzene rings is 2. The maximum Gasteiger partial charge on any atom is 0.159 e. The Hall–Kier alpha value is -2.08. The highest BCUT2D eigenvalue weighted by Gasteiger charge is 2.17. The van der Waals surface area contributed by atoms with Crippen LogP contribution in [-0.4, -0.2) is 9.78 Å². The van der Waals surface area contributed by atoms with Crippen molar-refractivity contribution >= 4 is 15.9 Å². The van der Waals surface area contributed by atoms with Gasteiger partial charge in [0.25, 0.3) is 0 Å². The zero-order chi connectivity index (χ0) is 15.0. The summed E-state index contributed by atoms with van der Waals surface area (Å²) in [5.74, 6) is -2.41. The van der Waals surface area contributed by atoms with E-state index in [1.165, 1.54) is 22.9 Å². The number of halogens is 4. The fraction of sp³-hybridized carbons (Fsp3) is 0. The molecule has 0 aliphatic rings. The van der Waals surface area contributed by atoms with Gasteiger partial charge >= 0.3 is 0 Å². The number of hydrogen-bond acceptors (Lipinski definition) is 1. The summed E-state index contributed by atoms with van der Waals surface area (Å²) in [6, 6.07) is 9.47. The minimum atomic E-state index is -0.985. The Bertz CT molecular complexity index is 814. The van der Waals surface area contributed by atoms with Crippen molar-refractivity contribution in [2.45, 2.75) is 0 Å². The molecule has 0 fully saturated rings. The van der Waals surface area contributed by atoms with Crippen LogP contribution in [0.15, 0.2) is 46.9 Å². The maximum absolute atomic E-state index is 13.9. The van der Waals surface area contributed by atoms with Gasteiger partial charge in [0.1, 0.15) is 17.7 Å². The van der Waals surface area contributed by atoms with Crippen LogP contribution >= 0.6 is 15.9 Å². The highest BCUT2D eigenvalue weighted by atomic mass is 79.9. The van der Waals surface area contributed by atoms with Crippen molar-refractivity contribution in [1.82, 2.24) is 9.78 Å². The SMILES string of the molecule is Fc1ccc(-c2c(Br)[c]nn2-c2ccccc2F)cc1F. The van der Waals surface area contributed by atoms with Crippen LogP contribution in [0.5, 0.6) is 0 Å². The number of hydrogen-bond donors (Lipinski definition) is 0. The Labute approximate surface area is 127 Å². The first-order valence-electron chi connectivity index (χ1n) is 5.94. The Morgan fingerprint density at radius 1 is 0.952 bits per heavy atom. The van der Waals surface area contributed by atoms with E-state index in [2.05, 4.69) is 27.2 Å². The van der Waals surface area contributed by atoms with E-state index in [-0.39, 0.29) is 5.69 Å². The zero-order valence-corrected chi connectivity index (χ0v) is 12.0. The Kier molecular flexibility index (Phi) is 3.55. The van der Waals surface area contributed by atoms with E-state index in [4.69, 9.17) is 0 Å². The molecule has 0 N–H and O–H groups in total. The van der Waals surface area contributed by atoms with Gasteiger partial charge in [-0.3, -0.25) is 0 Å². The van der Waals surface area contributed by atoms with E-state index in [0.717, 1.165) is 12.1 Å². The van der Waals surface area contributed by atoms with Gasteiger partial charge in [0, 0.05) is 5.56 Å². The average Bonchev–Trinajstić information content (AvgIpc) is 2.84. The first-order chi connectivity index (χ1) is 10.1. The molecule has 0 aliphatic heterocycles. The molecule has 21 heavy (non-hydrogen) atoms. The number of para-hydroxylation sites is 1. The van der Waals surface area contributed by atoms with Crippen LogP contribution < -0.4 is 0 Å². The summed E-state index contributed by atoms with van der Waals surface area (Å²) in [5.41, 5.74) is 0.941. The molecule has 0 bridgehead atoms. The van der Waals surface area contributed by atoms with Crippen molar-refractivity contribution in [2.75, 3.05) is 0 Å². The quantitative estimate of drug-likeness (QED) is 0.663. The topological polar surface area (TPSA) is 17.8 Å². The van der Waals surface area contributed by atoms with Crippen molar-refractivity contribution < 1.29 is 13.2 Å². The Morgan fingerprint density at radius 2 is 1.71 bits per heavy atom. The van der Waals surface area contributed by atoms with Gasteiger partial charge in [-0.15, -0.1) is 0 Å². The molecule has 0 unspecified atom stereocenters. The highest BCUT2D eigenvalue weighted by molar-refractivity contribution is 9.10. The first-order valence-corrected chi connectivity index (χ1v) is 6.74. The molecule has 0 spiro atoms. The van der Waals surface area contributed by atoms with Gasteiger partial charge in [-0.1, -0.05) is 12.1 Å². The van der Waals surface area contributed by atoms with Gasteiger partial charge in [0.2, 0.25) is 0 Å². The van der Waals surface area contributed by atoms with Crippen LogP contribution in [0, 0.1) is 23.6 Å². The third-order valence-electron chi connectivity index (χ3n) is 2.94. The van der Waals surface area contributed by atoms with Crippen LogP contribution in [0.3, 0.4) is 0 Å². The molecule has 1 heterocycles. The molecule has 1 radical (unpaired) electrons. The lowest BCUT2D eigenvalue weighted by Crippen LogP contribution is -2.02. The molecule has 0 saturated carbocycles. The van der Waals surface area contributed by atoms with E-state index in [9.17, 15) is 13.2 Å². The fourth-order valence-corrected chi connectivity index (χ4v) is 2.46. The van der Waals surface area contributed by atoms with Gasteiger partial charge < -0.3 is 0 Å². The second-order valence-corrected chi connectivity index (χ2v) is 5.06. The molecule has 2 aromatic carbocycles. The summed E-state index contributed by atoms with van der Waals surface area (Å²) in [6.45, 7) is 0. The van der Waals surface area contributed by atoms with E-state index >= 15 is 0 Å². The molecule has 0 saturated heterocycles. The minimum Gasteiger partial charge on any atom is -0.228 e. The molecule has 105 valence electrons. The second-order valence-electron chi connectivity index (χ2n) is 4.27. The maximum atomic E-state index is 13.9. The molecule has 3 aromatic rings. The monoisotopic (exact) mass is 351 g/mol. The van der Waals surface area contributed by atoms with Crippen molar-refractivity contribution in [1.29, 1.82) is 0 Å². The molecule has 0 atom stereocenters. The van der Waals surface area contributed by atoms with Crippen LogP contribution in [0.4, 0.5) is 13.2 Å². The lowest BCUT2D eigenvalue weighted by Gasteiger charge is -2.09. The zero-order valence-electron chi connectivity index (χ0n) is 10.4. The standard InChI is InChI=1S/C15H7BrF3N2/c16-10-8-20-21(14-4-2-1-3-12(14)18)15(10)9-5-6-11(17)13(19)7-9/h1-7H. The average molecular weight is 352 g/mol. The molecule has 3 rings (SSSR count). The lowest BCUT2D eigenvalue weighted by molar-refractivity contribution is 0.509. The predicted octanol–water partition coefficient (Wildman–Crippen LogP) is 4.52. The smallest absolute Gasteiger partial charge is 0.159 e. The number of aromatic nitrogens is 2. The second kappa shape index (κ2) is 5.37. The van der Waals surface area contributed by atoms with E-state index in [0.29, 0.717) is 15.7 Å². The van der Waals surface area contributed by atoms with Crippen LogP contribution in [0.2, 0.25) is 0 Å². The number of nitrogens with zero attached hydrogens (tertiary/aromatic N) is 2. The Balaban J connectivity index is 2.22. The summed E-state index contributed by atoms with van der Waals surface area (Å²) in [6.07, 6.45) is 2.64. The molecule has 0 aliphatic carbocycles. The van der Waals surface area contributed by atoms with Crippen LogP contribution in [-0.2, 0) is 0 Å². The Morgan fingerprint density at radius 3 is 2.43 bits per heavy atom. The van der Waals surface area contributed by atoms with Crippen molar-refractivity contribution in [3.8, 4) is 16.9 Å². The van der Waals surface area contributed by atoms with Crippen molar-refractivity contribution in [3.05, 3.63) is 70.6 Å². The molecular formula is C15H7BrF3N2. The summed E-state index contributed by atoms with van der Waals surface area (Å²) >= 11 is 3.24. The molecule has 0 amide bonds. The normalized spacial score (nSPS) is 10.9. The van der Waals surface area contributed by atoms with Crippen molar-refractivity contribution in [2.24, 2.45) is 0 Å². The number of rotatable bonds is 2. The fourth-order valence-electron chi connectivity index (χ4n) is 1.98. The highest BCUT2D eigenvalue weighted by Crippen LogP contribution is 2.31. The largest absolute Gasteiger partial charge is 0.228 e. The van der Waals surface area contributed by atoms with Gasteiger partial charge in [-0.2, -0.15) is 5.10 Å². The molecule has 2 nitrogen and oxygen atoms in total. The van der Waals surface area contributed by atoms with Gasteiger partial charge in [-0.05, 0) is 46.3 Å². The van der Waals surface area contributed by atoms with E-state index < -0.39 is 17.5 Å². The molecule has 6 heteroatoms. The van der Waals surface area contributed by atoms with E-state index in [1.807, 2.05) is 0 Å². The van der Waals surface area contributed by atoms with Gasteiger partial charge in [0.05, 0.1) is 10.2 Å². The third-order valence-corrected chi connectivity index (χ3v) is 3.49. The van der Waals surface area contributed by atoms with Gasteiger partial charge in [0.15, 0.2) is 11.6 Å². The van der Waals surface area contributed by atoms with Crippen LogP contribution in [0.25, 0.3) is 16.9 Å². The van der Waals surface area contributed by atoms with Gasteiger partial charge in [-0.25, -0.2) is 17.9 Å². The summed E-state index contributed by atoms with van der Waals surface area (Å²) in [4.78, 5) is 0.